The Morgan fingerprint density at radius 3 is 2.48 bits per heavy atom. The van der Waals surface area contributed by atoms with Crippen LogP contribution < -0.4 is 9.62 Å². The lowest BCUT2D eigenvalue weighted by Crippen LogP contribution is -2.40. The van der Waals surface area contributed by atoms with Crippen LogP contribution in [-0.4, -0.2) is 20.9 Å². The fourth-order valence-electron chi connectivity index (χ4n) is 3.45. The number of sulfonamides is 1. The van der Waals surface area contributed by atoms with E-state index in [4.69, 9.17) is 0 Å². The molecule has 0 unspecified atom stereocenters. The third kappa shape index (κ3) is 3.56. The number of aryl methyl sites for hydroxylation is 1. The number of benzene rings is 3. The normalized spacial score (nSPS) is 14.1. The van der Waals surface area contributed by atoms with E-state index in [9.17, 15) is 13.2 Å². The van der Waals surface area contributed by atoms with Crippen molar-refractivity contribution in [1.82, 2.24) is 0 Å². The van der Waals surface area contributed by atoms with Crippen molar-refractivity contribution in [2.45, 2.75) is 18.2 Å². The number of anilines is 2. The van der Waals surface area contributed by atoms with E-state index in [1.54, 1.807) is 30.3 Å². The molecule has 0 spiro atoms. The van der Waals surface area contributed by atoms with E-state index in [0.717, 1.165) is 22.0 Å². The van der Waals surface area contributed by atoms with Crippen LogP contribution in [0.25, 0.3) is 11.1 Å². The molecule has 0 saturated heterocycles. The zero-order valence-electron chi connectivity index (χ0n) is 15.7. The van der Waals surface area contributed by atoms with Gasteiger partial charge in [0, 0.05) is 15.6 Å². The van der Waals surface area contributed by atoms with Gasteiger partial charge in [-0.2, -0.15) is 0 Å². The summed E-state index contributed by atoms with van der Waals surface area (Å²) in [7, 11) is -3.85. The number of carbonyl (C=O) groups is 1. The molecule has 1 aliphatic heterocycles. The van der Waals surface area contributed by atoms with Gasteiger partial charge >= 0.3 is 0 Å². The Balaban J connectivity index is 1.76. The summed E-state index contributed by atoms with van der Waals surface area (Å²) in [6.07, 6.45) is 0.838. The first-order chi connectivity index (χ1) is 13.9. The van der Waals surface area contributed by atoms with Gasteiger partial charge in [0.25, 0.3) is 10.0 Å². The molecule has 148 valence electrons. The third-order valence-corrected chi connectivity index (χ3v) is 7.43. The zero-order chi connectivity index (χ0) is 20.6. The number of fused-ring (bicyclic) bond motifs is 3. The van der Waals surface area contributed by atoms with E-state index in [-0.39, 0.29) is 11.4 Å². The first-order valence-corrected chi connectivity index (χ1v) is 11.4. The number of nitrogens with one attached hydrogen (secondary N) is 1. The molecule has 0 radical (unpaired) electrons. The molecule has 5 nitrogen and oxygen atoms in total. The van der Waals surface area contributed by atoms with Crippen LogP contribution in [0.3, 0.4) is 0 Å². The summed E-state index contributed by atoms with van der Waals surface area (Å²) in [6.45, 7) is 1.74. The maximum atomic E-state index is 13.3. The molecule has 0 fully saturated rings. The Morgan fingerprint density at radius 2 is 1.72 bits per heavy atom. The Bertz CT molecular complexity index is 1210. The van der Waals surface area contributed by atoms with Crippen molar-refractivity contribution in [3.05, 3.63) is 76.8 Å². The summed E-state index contributed by atoms with van der Waals surface area (Å²) in [5.41, 5.74) is 3.70. The predicted octanol–water partition coefficient (Wildman–Crippen LogP) is 4.83. The molecule has 1 amide bonds. The molecule has 0 bridgehead atoms. The van der Waals surface area contributed by atoms with E-state index < -0.39 is 15.9 Å². The van der Waals surface area contributed by atoms with Crippen LogP contribution in [0.1, 0.15) is 12.5 Å². The summed E-state index contributed by atoms with van der Waals surface area (Å²) in [5.74, 6) is -0.412. The monoisotopic (exact) mass is 470 g/mol. The first-order valence-electron chi connectivity index (χ1n) is 9.21. The number of nitrogens with zero attached hydrogens (tertiary/aromatic N) is 1. The fraction of sp³-hybridized carbons (Fsp3) is 0.136. The predicted molar refractivity (Wildman–Crippen MR) is 119 cm³/mol. The lowest BCUT2D eigenvalue weighted by molar-refractivity contribution is -0.114. The van der Waals surface area contributed by atoms with Crippen LogP contribution in [0.15, 0.2) is 76.1 Å². The van der Waals surface area contributed by atoms with Gasteiger partial charge in [0.2, 0.25) is 5.91 Å². The number of hydrogen-bond donors (Lipinski definition) is 1. The van der Waals surface area contributed by atoms with Crippen molar-refractivity contribution >= 4 is 43.2 Å². The Labute approximate surface area is 178 Å². The van der Waals surface area contributed by atoms with Crippen LogP contribution in [-0.2, 0) is 21.2 Å². The first kappa shape index (κ1) is 19.7. The SMILES string of the molecule is CCc1ccc2c(c1)-c1ccccc1S(=O)(=O)N2CC(=O)Nc1ccccc1Br. The molecule has 29 heavy (non-hydrogen) atoms. The molecule has 1 aliphatic rings. The van der Waals surface area contributed by atoms with Crippen molar-refractivity contribution in [2.75, 3.05) is 16.2 Å². The zero-order valence-corrected chi connectivity index (χ0v) is 18.1. The molecule has 0 aliphatic carbocycles. The lowest BCUT2D eigenvalue weighted by atomic mass is 9.99. The van der Waals surface area contributed by atoms with E-state index >= 15 is 0 Å². The fourth-order valence-corrected chi connectivity index (χ4v) is 5.48. The number of carbonyl (C=O) groups excluding carboxylic acids is 1. The molecular weight excluding hydrogens is 452 g/mol. The van der Waals surface area contributed by atoms with Crippen LogP contribution in [0, 0.1) is 0 Å². The van der Waals surface area contributed by atoms with Crippen molar-refractivity contribution in [3.8, 4) is 11.1 Å². The minimum Gasteiger partial charge on any atom is -0.323 e. The maximum absolute atomic E-state index is 13.3. The molecule has 1 N–H and O–H groups in total. The highest BCUT2D eigenvalue weighted by atomic mass is 79.9. The van der Waals surface area contributed by atoms with Gasteiger partial charge in [-0.1, -0.05) is 43.3 Å². The number of amides is 1. The van der Waals surface area contributed by atoms with E-state index in [0.29, 0.717) is 16.9 Å². The Hall–Kier alpha value is -2.64. The summed E-state index contributed by atoms with van der Waals surface area (Å²) in [6, 6.07) is 19.8. The summed E-state index contributed by atoms with van der Waals surface area (Å²) in [5, 5.41) is 2.78. The van der Waals surface area contributed by atoms with Crippen molar-refractivity contribution in [3.63, 3.8) is 0 Å². The number of rotatable bonds is 4. The lowest BCUT2D eigenvalue weighted by Gasteiger charge is -2.32. The van der Waals surface area contributed by atoms with Crippen LogP contribution in [0.2, 0.25) is 0 Å². The third-order valence-electron chi connectivity index (χ3n) is 4.92. The molecule has 7 heteroatoms. The Morgan fingerprint density at radius 1 is 1.00 bits per heavy atom. The quantitative estimate of drug-likeness (QED) is 0.593. The second-order valence-corrected chi connectivity index (χ2v) is 9.43. The summed E-state index contributed by atoms with van der Waals surface area (Å²) in [4.78, 5) is 12.9. The summed E-state index contributed by atoms with van der Waals surface area (Å²) >= 11 is 3.39. The molecule has 4 rings (SSSR count). The van der Waals surface area contributed by atoms with Gasteiger partial charge in [-0.15, -0.1) is 0 Å². The van der Waals surface area contributed by atoms with Gasteiger partial charge in [0.1, 0.15) is 6.54 Å². The van der Waals surface area contributed by atoms with Crippen molar-refractivity contribution < 1.29 is 13.2 Å². The largest absolute Gasteiger partial charge is 0.323 e. The summed E-state index contributed by atoms with van der Waals surface area (Å²) < 4.78 is 28.5. The number of para-hydroxylation sites is 1. The van der Waals surface area contributed by atoms with Crippen molar-refractivity contribution in [1.29, 1.82) is 0 Å². The maximum Gasteiger partial charge on any atom is 0.265 e. The standard InChI is InChI=1S/C22H19BrN2O3S/c1-2-15-11-12-20-17(13-15)16-7-3-6-10-21(16)29(27,28)25(20)14-22(26)24-19-9-5-4-8-18(19)23/h3-13H,2,14H2,1H3,(H,24,26). The average Bonchev–Trinajstić information content (AvgIpc) is 2.72. The highest BCUT2D eigenvalue weighted by Gasteiger charge is 2.35. The minimum absolute atomic E-state index is 0.217. The van der Waals surface area contributed by atoms with Gasteiger partial charge < -0.3 is 5.32 Å². The molecule has 0 saturated carbocycles. The van der Waals surface area contributed by atoms with Gasteiger partial charge in [0.15, 0.2) is 0 Å². The number of halogens is 1. The topological polar surface area (TPSA) is 66.5 Å². The van der Waals surface area contributed by atoms with Gasteiger partial charge in [0.05, 0.1) is 16.3 Å². The van der Waals surface area contributed by atoms with Crippen LogP contribution in [0.4, 0.5) is 11.4 Å². The molecule has 3 aromatic carbocycles. The highest BCUT2D eigenvalue weighted by molar-refractivity contribution is 9.10. The number of hydrogen-bond acceptors (Lipinski definition) is 3. The van der Waals surface area contributed by atoms with Crippen LogP contribution in [0.5, 0.6) is 0 Å². The second kappa shape index (κ2) is 7.65. The molecule has 3 aromatic rings. The molecule has 1 heterocycles. The molecule has 0 atom stereocenters. The van der Waals surface area contributed by atoms with Gasteiger partial charge in [-0.3, -0.25) is 9.10 Å². The highest BCUT2D eigenvalue weighted by Crippen LogP contribution is 2.43. The second-order valence-electron chi connectivity index (χ2n) is 6.74. The molecular formula is C22H19BrN2O3S. The molecule has 0 aromatic heterocycles. The van der Waals surface area contributed by atoms with Crippen LogP contribution >= 0.6 is 15.9 Å². The van der Waals surface area contributed by atoms with E-state index in [2.05, 4.69) is 28.2 Å². The van der Waals surface area contributed by atoms with E-state index in [1.165, 1.54) is 4.31 Å². The minimum atomic E-state index is -3.85. The smallest absolute Gasteiger partial charge is 0.265 e. The Kier molecular flexibility index (Phi) is 5.19. The van der Waals surface area contributed by atoms with E-state index in [1.807, 2.05) is 36.4 Å². The average molecular weight is 471 g/mol. The van der Waals surface area contributed by atoms with Gasteiger partial charge in [-0.05, 0) is 58.2 Å². The van der Waals surface area contributed by atoms with Gasteiger partial charge in [-0.25, -0.2) is 8.42 Å². The van der Waals surface area contributed by atoms with Crippen molar-refractivity contribution in [2.24, 2.45) is 0 Å².